The molecule has 156 valence electrons. The topological polar surface area (TPSA) is 61.9 Å². The van der Waals surface area contributed by atoms with Crippen LogP contribution >= 0.6 is 11.3 Å². The summed E-state index contributed by atoms with van der Waals surface area (Å²) in [6.45, 7) is 6.74. The van der Waals surface area contributed by atoms with Gasteiger partial charge in [-0.1, -0.05) is 19.4 Å². The summed E-state index contributed by atoms with van der Waals surface area (Å²) in [5, 5.41) is 5.03. The fourth-order valence-corrected chi connectivity index (χ4v) is 3.88. The average molecular weight is 416 g/mol. The van der Waals surface area contributed by atoms with Crippen LogP contribution in [0.5, 0.6) is 0 Å². The summed E-state index contributed by atoms with van der Waals surface area (Å²) in [6, 6.07) is 11.0. The van der Waals surface area contributed by atoms with E-state index in [0.29, 0.717) is 17.9 Å². The van der Waals surface area contributed by atoms with Crippen LogP contribution in [0.15, 0.2) is 41.8 Å². The van der Waals surface area contributed by atoms with Crippen LogP contribution in [0.25, 0.3) is 0 Å². The summed E-state index contributed by atoms with van der Waals surface area (Å²) in [5.74, 6) is -0.324. The molecule has 1 aliphatic heterocycles. The molecule has 0 aliphatic carbocycles. The van der Waals surface area contributed by atoms with Gasteiger partial charge in [-0.25, -0.2) is 9.59 Å². The van der Waals surface area contributed by atoms with Crippen molar-refractivity contribution in [2.75, 3.05) is 44.6 Å². The first kappa shape index (κ1) is 21.3. The number of hydrogen-bond acceptors (Lipinski definition) is 5. The highest BCUT2D eigenvalue weighted by Crippen LogP contribution is 2.14. The Bertz CT molecular complexity index is 769. The third kappa shape index (κ3) is 6.58. The molecule has 0 spiro atoms. The number of ether oxygens (including phenoxy) is 1. The number of anilines is 1. The van der Waals surface area contributed by atoms with E-state index in [1.807, 2.05) is 4.90 Å². The van der Waals surface area contributed by atoms with E-state index in [9.17, 15) is 9.59 Å². The quantitative estimate of drug-likeness (QED) is 0.521. The number of carbonyl (C=O) groups excluding carboxylic acids is 2. The lowest BCUT2D eigenvalue weighted by atomic mass is 10.2. The van der Waals surface area contributed by atoms with Gasteiger partial charge in [0.15, 0.2) is 0 Å². The van der Waals surface area contributed by atoms with Crippen molar-refractivity contribution in [1.29, 1.82) is 0 Å². The smallest absolute Gasteiger partial charge is 0.338 e. The largest absolute Gasteiger partial charge is 0.462 e. The minimum Gasteiger partial charge on any atom is -0.462 e. The van der Waals surface area contributed by atoms with E-state index >= 15 is 0 Å². The zero-order chi connectivity index (χ0) is 20.5. The molecule has 6 nitrogen and oxygen atoms in total. The second-order valence-corrected chi connectivity index (χ2v) is 8.19. The van der Waals surface area contributed by atoms with E-state index in [-0.39, 0.29) is 12.0 Å². The molecule has 1 N–H and O–H groups in total. The number of amides is 2. The van der Waals surface area contributed by atoms with Crippen LogP contribution in [0.2, 0.25) is 0 Å². The predicted molar refractivity (Wildman–Crippen MR) is 117 cm³/mol. The highest BCUT2D eigenvalue weighted by Gasteiger charge is 2.21. The molecular formula is C22H29N3O3S. The van der Waals surface area contributed by atoms with Gasteiger partial charge in [-0.2, -0.15) is 0 Å². The Morgan fingerprint density at radius 2 is 1.86 bits per heavy atom. The monoisotopic (exact) mass is 415 g/mol. The Kier molecular flexibility index (Phi) is 8.07. The van der Waals surface area contributed by atoms with Crippen molar-refractivity contribution >= 4 is 29.0 Å². The molecule has 0 radical (unpaired) electrons. The van der Waals surface area contributed by atoms with Gasteiger partial charge < -0.3 is 15.0 Å². The first-order valence-corrected chi connectivity index (χ1v) is 11.1. The molecule has 3 rings (SSSR count). The van der Waals surface area contributed by atoms with Crippen molar-refractivity contribution in [2.24, 2.45) is 0 Å². The van der Waals surface area contributed by atoms with Gasteiger partial charge in [0.2, 0.25) is 0 Å². The number of thiophene rings is 1. The molecule has 1 fully saturated rings. The van der Waals surface area contributed by atoms with Crippen molar-refractivity contribution in [1.82, 2.24) is 9.80 Å². The molecule has 0 saturated carbocycles. The van der Waals surface area contributed by atoms with Crippen LogP contribution in [0.4, 0.5) is 10.5 Å². The van der Waals surface area contributed by atoms with Gasteiger partial charge in [-0.3, -0.25) is 4.90 Å². The van der Waals surface area contributed by atoms with E-state index in [4.69, 9.17) is 4.74 Å². The van der Waals surface area contributed by atoms with E-state index in [0.717, 1.165) is 52.0 Å². The summed E-state index contributed by atoms with van der Waals surface area (Å²) in [6.07, 6.45) is 2.92. The molecule has 0 bridgehead atoms. The van der Waals surface area contributed by atoms with Crippen molar-refractivity contribution in [3.8, 4) is 0 Å². The van der Waals surface area contributed by atoms with Crippen LogP contribution < -0.4 is 5.32 Å². The summed E-state index contributed by atoms with van der Waals surface area (Å²) in [4.78, 5) is 30.1. The maximum absolute atomic E-state index is 12.5. The Morgan fingerprint density at radius 3 is 2.52 bits per heavy atom. The molecule has 1 aliphatic rings. The lowest BCUT2D eigenvalue weighted by Gasteiger charge is -2.34. The van der Waals surface area contributed by atoms with Gasteiger partial charge in [0.1, 0.15) is 0 Å². The number of nitrogens with zero attached hydrogens (tertiary/aromatic N) is 2. The number of benzene rings is 1. The normalized spacial score (nSPS) is 14.6. The highest BCUT2D eigenvalue weighted by molar-refractivity contribution is 7.09. The number of rotatable bonds is 8. The summed E-state index contributed by atoms with van der Waals surface area (Å²) >= 11 is 1.80. The molecule has 1 aromatic carbocycles. The Balaban J connectivity index is 1.40. The van der Waals surface area contributed by atoms with E-state index in [2.05, 4.69) is 34.7 Å². The highest BCUT2D eigenvalue weighted by atomic mass is 32.1. The Labute approximate surface area is 176 Å². The van der Waals surface area contributed by atoms with E-state index in [1.165, 1.54) is 4.88 Å². The van der Waals surface area contributed by atoms with Gasteiger partial charge >= 0.3 is 12.0 Å². The Hall–Kier alpha value is -2.38. The summed E-state index contributed by atoms with van der Waals surface area (Å²) in [7, 11) is 0. The lowest BCUT2D eigenvalue weighted by molar-refractivity contribution is 0.0500. The van der Waals surface area contributed by atoms with Gasteiger partial charge in [0.05, 0.1) is 12.2 Å². The zero-order valence-corrected chi connectivity index (χ0v) is 17.7. The SMILES string of the molecule is CCCCOC(=O)c1ccc(NC(=O)N2CCN(CCc3cccs3)CC2)cc1. The molecule has 7 heteroatoms. The number of esters is 1. The molecule has 0 unspecified atom stereocenters. The number of piperazine rings is 1. The van der Waals surface area contributed by atoms with Crippen LogP contribution in [0.1, 0.15) is 35.0 Å². The van der Waals surface area contributed by atoms with E-state index in [1.54, 1.807) is 35.6 Å². The van der Waals surface area contributed by atoms with Crippen LogP contribution in [-0.2, 0) is 11.2 Å². The fourth-order valence-electron chi connectivity index (χ4n) is 3.18. The second-order valence-electron chi connectivity index (χ2n) is 7.16. The fraction of sp³-hybridized carbons (Fsp3) is 0.455. The van der Waals surface area contributed by atoms with Gasteiger partial charge in [-0.15, -0.1) is 11.3 Å². The Morgan fingerprint density at radius 1 is 1.10 bits per heavy atom. The molecule has 2 amide bonds. The maximum atomic E-state index is 12.5. The summed E-state index contributed by atoms with van der Waals surface area (Å²) < 4.78 is 5.20. The van der Waals surface area contributed by atoms with Crippen molar-refractivity contribution in [3.63, 3.8) is 0 Å². The van der Waals surface area contributed by atoms with E-state index < -0.39 is 0 Å². The van der Waals surface area contributed by atoms with Crippen LogP contribution in [-0.4, -0.2) is 61.1 Å². The minimum absolute atomic E-state index is 0.0961. The molecule has 1 saturated heterocycles. The van der Waals surface area contributed by atoms with Crippen LogP contribution in [0, 0.1) is 0 Å². The van der Waals surface area contributed by atoms with Crippen molar-refractivity contribution < 1.29 is 14.3 Å². The zero-order valence-electron chi connectivity index (χ0n) is 16.9. The van der Waals surface area contributed by atoms with Gasteiger partial charge in [-0.05, 0) is 48.6 Å². The molecule has 2 aromatic rings. The molecule has 29 heavy (non-hydrogen) atoms. The number of nitrogens with one attached hydrogen (secondary N) is 1. The van der Waals surface area contributed by atoms with Gasteiger partial charge in [0.25, 0.3) is 0 Å². The third-order valence-electron chi connectivity index (χ3n) is 5.02. The van der Waals surface area contributed by atoms with Crippen LogP contribution in [0.3, 0.4) is 0 Å². The average Bonchev–Trinajstić information content (AvgIpc) is 3.27. The first-order chi connectivity index (χ1) is 14.2. The number of hydrogen-bond donors (Lipinski definition) is 1. The molecule has 0 atom stereocenters. The predicted octanol–water partition coefficient (Wildman–Crippen LogP) is 4.10. The lowest BCUT2D eigenvalue weighted by Crippen LogP contribution is -2.50. The molecule has 2 heterocycles. The second kappa shape index (κ2) is 11.0. The maximum Gasteiger partial charge on any atom is 0.338 e. The first-order valence-electron chi connectivity index (χ1n) is 10.2. The summed E-state index contributed by atoms with van der Waals surface area (Å²) in [5.41, 5.74) is 1.18. The number of urea groups is 1. The van der Waals surface area contributed by atoms with Crippen molar-refractivity contribution in [2.45, 2.75) is 26.2 Å². The number of carbonyl (C=O) groups is 2. The minimum atomic E-state index is -0.324. The van der Waals surface area contributed by atoms with Gasteiger partial charge in [0, 0.05) is 43.3 Å². The third-order valence-corrected chi connectivity index (χ3v) is 5.95. The molecular weight excluding hydrogens is 386 g/mol. The number of unbranched alkanes of at least 4 members (excludes halogenated alkanes) is 1. The standard InChI is InChI=1S/C22H29N3O3S/c1-2-3-16-28-21(26)18-6-8-19(9-7-18)23-22(27)25-14-12-24(13-15-25)11-10-20-5-4-17-29-20/h4-9,17H,2-3,10-16H2,1H3,(H,23,27). The van der Waals surface area contributed by atoms with Crippen molar-refractivity contribution in [3.05, 3.63) is 52.2 Å². The molecule has 1 aromatic heterocycles.